The number of aliphatic hydroxyl groups is 10. The first-order chi connectivity index (χ1) is 33.7. The van der Waals surface area contributed by atoms with E-state index in [0.717, 1.165) is 50.5 Å². The van der Waals surface area contributed by atoms with Gasteiger partial charge in [-0.3, -0.25) is 4.79 Å². The van der Waals surface area contributed by atoms with Gasteiger partial charge in [0.15, 0.2) is 25.2 Å². The second-order valence-electron chi connectivity index (χ2n) is 24.4. The second-order valence-corrected chi connectivity index (χ2v) is 24.4. The van der Waals surface area contributed by atoms with Crippen molar-refractivity contribution in [3.05, 3.63) is 23.8 Å². The fourth-order valence-corrected chi connectivity index (χ4v) is 15.8. The molecule has 4 saturated carbocycles. The van der Waals surface area contributed by atoms with Crippen molar-refractivity contribution in [2.24, 2.45) is 44.8 Å². The quantitative estimate of drug-likeness (QED) is 0.106. The van der Waals surface area contributed by atoms with E-state index in [0.29, 0.717) is 25.2 Å². The maximum absolute atomic E-state index is 13.0. The van der Waals surface area contributed by atoms with Crippen LogP contribution in [0.25, 0.3) is 0 Å². The summed E-state index contributed by atoms with van der Waals surface area (Å²) in [7, 11) is 0. The summed E-state index contributed by atoms with van der Waals surface area (Å²) < 4.78 is 48.2. The molecule has 4 saturated heterocycles. The maximum atomic E-state index is 13.0. The van der Waals surface area contributed by atoms with Crippen LogP contribution in [0.4, 0.5) is 0 Å². The van der Waals surface area contributed by atoms with Gasteiger partial charge in [-0.15, -0.1) is 0 Å². The molecule has 11 N–H and O–H groups in total. The molecule has 27 atom stereocenters. The summed E-state index contributed by atoms with van der Waals surface area (Å²) in [6.45, 7) is 17.8. The molecule has 0 aromatic carbocycles. The Balaban J connectivity index is 0.902. The van der Waals surface area contributed by atoms with Crippen molar-refractivity contribution < 1.29 is 98.9 Å². The number of ether oxygens (including phenoxy) is 8. The van der Waals surface area contributed by atoms with Gasteiger partial charge in [-0.1, -0.05) is 58.4 Å². The van der Waals surface area contributed by atoms with Gasteiger partial charge in [0.05, 0.1) is 36.9 Å². The summed E-state index contributed by atoms with van der Waals surface area (Å²) in [6.07, 6.45) is -20.0. The van der Waals surface area contributed by atoms with Crippen molar-refractivity contribution in [1.82, 2.24) is 0 Å². The molecule has 5 aliphatic carbocycles. The first-order valence-electron chi connectivity index (χ1n) is 26.3. The lowest BCUT2D eigenvalue weighted by atomic mass is 9.34. The summed E-state index contributed by atoms with van der Waals surface area (Å²) in [5.41, 5.74) is 0.935. The minimum atomic E-state index is -1.92. The highest BCUT2D eigenvalue weighted by Crippen LogP contribution is 2.75. The molecule has 410 valence electrons. The number of aliphatic carboxylic acids is 1. The Labute approximate surface area is 421 Å². The monoisotopic (exact) mass is 1030 g/mol. The third-order valence-electron chi connectivity index (χ3n) is 20.4. The highest BCUT2D eigenvalue weighted by atomic mass is 16.8. The van der Waals surface area contributed by atoms with Crippen LogP contribution < -0.4 is 0 Å². The molecule has 20 nitrogen and oxygen atoms in total. The lowest BCUT2D eigenvalue weighted by Gasteiger charge is -2.71. The van der Waals surface area contributed by atoms with E-state index in [-0.39, 0.29) is 34.7 Å². The molecular formula is C52H82O20. The molecule has 0 unspecified atom stereocenters. The number of carbonyl (C=O) groups is 1. The molecule has 0 aromatic rings. The van der Waals surface area contributed by atoms with E-state index < -0.39 is 146 Å². The number of fused-ring (bicyclic) bond motifs is 7. The molecule has 72 heavy (non-hydrogen) atoms. The normalized spacial score (nSPS) is 54.6. The van der Waals surface area contributed by atoms with Gasteiger partial charge in [0, 0.05) is 5.92 Å². The Hall–Kier alpha value is -1.77. The number of allylic oxidation sites excluding steroid dienone is 3. The predicted octanol–water partition coefficient (Wildman–Crippen LogP) is 0.755. The first kappa shape index (κ1) is 55.0. The van der Waals surface area contributed by atoms with Crippen LogP contribution in [0.3, 0.4) is 0 Å². The lowest BCUT2D eigenvalue weighted by Crippen LogP contribution is -2.67. The van der Waals surface area contributed by atoms with Crippen LogP contribution >= 0.6 is 0 Å². The van der Waals surface area contributed by atoms with Gasteiger partial charge < -0.3 is 94.1 Å². The van der Waals surface area contributed by atoms with E-state index >= 15 is 0 Å². The molecule has 4 heterocycles. The van der Waals surface area contributed by atoms with Gasteiger partial charge >= 0.3 is 5.97 Å². The molecule has 9 rings (SSSR count). The molecule has 0 amide bonds. The SMILES string of the molecule is C=C1CC[C@]2(C(=O)O)CC[C@]3(C)C(=CC[C@@H]4[C@@]5(C)CC[C@H](O[C@@H]6OC[C@H](O)[C@H](O)[C@H]6O[C@@H]6O[C@@H](C)[C@H](O)[C@@H](O[C@@H]7O[C@H](CO)[C@@H](O)[C@H](O[C@@H]8O[C@@H](C)[C@H](O)[C@@H](O)[C@H]8O)[C@H]7O)[C@H]6O)C(C)(C)[C@@H]5CC[C@]43C)[C@@H]2C1. The van der Waals surface area contributed by atoms with Crippen LogP contribution in [0.1, 0.15) is 113 Å². The van der Waals surface area contributed by atoms with E-state index in [1.807, 2.05) is 0 Å². The zero-order valence-corrected chi connectivity index (χ0v) is 42.6. The molecule has 0 aromatic heterocycles. The van der Waals surface area contributed by atoms with Crippen LogP contribution in [-0.2, 0) is 42.7 Å². The summed E-state index contributed by atoms with van der Waals surface area (Å²) >= 11 is 0. The van der Waals surface area contributed by atoms with Crippen LogP contribution in [0.2, 0.25) is 0 Å². The highest BCUT2D eigenvalue weighted by molar-refractivity contribution is 5.77. The standard InChI is InChI=1S/C52H82O20/c1-22-11-16-52(47(63)64)18-17-50(7)25(26(52)19-22)9-10-30-49(6)14-13-31(48(4,5)29(49)12-15-51(30,50)8)69-46-42(34(57)27(54)21-65-46)72-44-38(61)40(33(56)24(3)67-44)70-45-39(62)41(35(58)28(20-53)68-45)71-43-37(60)36(59)32(55)23(2)66-43/h9,23-24,26-46,53-62H,1,10-21H2,2-8H3,(H,63,64)/t23-,24-,26-,27-,28+,29-,30+,31-,32-,33-,34-,35+,36+,37+,38+,39+,40+,41-,42+,43-,44-,45-,46-,49-,50+,51+,52-/m0/s1. The number of hydrogen-bond acceptors (Lipinski definition) is 19. The van der Waals surface area contributed by atoms with Gasteiger partial charge in [0.1, 0.15) is 79.4 Å². The fraction of sp³-hybridized carbons (Fsp3) is 0.904. The number of carboxylic acids is 1. The number of carboxylic acid groups (broad SMARTS) is 1. The topological polar surface area (TPSA) is 313 Å². The third-order valence-corrected chi connectivity index (χ3v) is 20.4. The zero-order valence-electron chi connectivity index (χ0n) is 42.6. The molecule has 0 spiro atoms. The zero-order chi connectivity index (χ0) is 52.4. The largest absolute Gasteiger partial charge is 0.481 e. The summed E-state index contributed by atoms with van der Waals surface area (Å²) in [5, 5.41) is 120. The van der Waals surface area contributed by atoms with E-state index in [1.54, 1.807) is 0 Å². The van der Waals surface area contributed by atoms with Crippen LogP contribution in [0.15, 0.2) is 23.8 Å². The first-order valence-corrected chi connectivity index (χ1v) is 26.3. The number of aliphatic hydroxyl groups excluding tert-OH is 10. The van der Waals surface area contributed by atoms with Gasteiger partial charge in [-0.25, -0.2) is 0 Å². The fourth-order valence-electron chi connectivity index (χ4n) is 15.8. The smallest absolute Gasteiger partial charge is 0.310 e. The summed E-state index contributed by atoms with van der Waals surface area (Å²) in [6, 6.07) is 0. The van der Waals surface area contributed by atoms with Crippen molar-refractivity contribution in [2.45, 2.75) is 235 Å². The summed E-state index contributed by atoms with van der Waals surface area (Å²) in [4.78, 5) is 13.0. The second kappa shape index (κ2) is 19.9. The van der Waals surface area contributed by atoms with Crippen LogP contribution in [0.5, 0.6) is 0 Å². The molecule has 4 aliphatic heterocycles. The Morgan fingerprint density at radius 3 is 1.93 bits per heavy atom. The lowest BCUT2D eigenvalue weighted by molar-refractivity contribution is -0.390. The maximum Gasteiger partial charge on any atom is 0.310 e. The van der Waals surface area contributed by atoms with Gasteiger partial charge in [0.25, 0.3) is 0 Å². The minimum Gasteiger partial charge on any atom is -0.481 e. The van der Waals surface area contributed by atoms with Crippen molar-refractivity contribution in [1.29, 1.82) is 0 Å². The predicted molar refractivity (Wildman–Crippen MR) is 250 cm³/mol. The van der Waals surface area contributed by atoms with E-state index in [4.69, 9.17) is 37.9 Å². The number of rotatable bonds is 10. The van der Waals surface area contributed by atoms with Gasteiger partial charge in [-0.2, -0.15) is 0 Å². The Kier molecular flexibility index (Phi) is 15.2. The third kappa shape index (κ3) is 8.70. The van der Waals surface area contributed by atoms with E-state index in [1.165, 1.54) is 19.4 Å². The van der Waals surface area contributed by atoms with Crippen LogP contribution in [0, 0.1) is 44.8 Å². The average molecular weight is 1030 g/mol. The van der Waals surface area contributed by atoms with Crippen molar-refractivity contribution in [3.63, 3.8) is 0 Å². The minimum absolute atomic E-state index is 0.0519. The Morgan fingerprint density at radius 1 is 0.667 bits per heavy atom. The molecule has 8 fully saturated rings. The molecule has 9 aliphatic rings. The Morgan fingerprint density at radius 2 is 1.28 bits per heavy atom. The number of hydrogen-bond donors (Lipinski definition) is 11. The van der Waals surface area contributed by atoms with E-state index in [2.05, 4.69) is 47.3 Å². The highest BCUT2D eigenvalue weighted by Gasteiger charge is 2.69. The van der Waals surface area contributed by atoms with Crippen LogP contribution in [-0.4, -0.2) is 198 Å². The van der Waals surface area contributed by atoms with E-state index in [9.17, 15) is 61.0 Å². The summed E-state index contributed by atoms with van der Waals surface area (Å²) in [5.74, 6) is -0.207. The van der Waals surface area contributed by atoms with Crippen molar-refractivity contribution >= 4 is 5.97 Å². The van der Waals surface area contributed by atoms with Gasteiger partial charge in [0.2, 0.25) is 0 Å². The average Bonchev–Trinajstić information content (AvgIpc) is 3.32. The van der Waals surface area contributed by atoms with Crippen molar-refractivity contribution in [2.75, 3.05) is 13.2 Å². The molecule has 0 bridgehead atoms. The van der Waals surface area contributed by atoms with Crippen molar-refractivity contribution in [3.8, 4) is 0 Å². The molecule has 0 radical (unpaired) electrons. The Bertz CT molecular complexity index is 2020. The molecular weight excluding hydrogens is 945 g/mol. The molecule has 20 heteroatoms. The van der Waals surface area contributed by atoms with Gasteiger partial charge in [-0.05, 0) is 112 Å².